The molecule has 0 bridgehead atoms. The minimum Gasteiger partial charge on any atom is -0.554 e. The molecule has 3 unspecified atom stereocenters. The minimum atomic E-state index is -4.67. The number of rotatable bonds is 6. The van der Waals surface area contributed by atoms with E-state index in [1.807, 2.05) is 0 Å². The van der Waals surface area contributed by atoms with Crippen LogP contribution in [0.25, 0.3) is 11.4 Å². The standard InChI is InChI=1S/C20H22F3N3O2.CH2O2/c1-12-3-2-8-26(12)11-16-9-15(16)10-17(27)13-4-6-14(7-5-13)18-24-19(28-25-18)20(21,22)23;2-1-3/h4-7,12,15-16H,2-3,8-11H2,1H3;1H,(H,2,3)/t12-,15?,16?;/m0./s1. The summed E-state index contributed by atoms with van der Waals surface area (Å²) in [6.45, 7) is 4.21. The topological polar surface area (TPSA) is 101 Å². The van der Waals surface area contributed by atoms with Crippen LogP contribution in [-0.4, -0.2) is 41.5 Å². The molecule has 4 atom stereocenters. The maximum absolute atomic E-state index is 12.6. The number of aromatic nitrogens is 2. The van der Waals surface area contributed by atoms with E-state index in [0.717, 1.165) is 19.0 Å². The Labute approximate surface area is 177 Å². The number of hydrogen-bond donors (Lipinski definition) is 1. The monoisotopic (exact) mass is 439 g/mol. The van der Waals surface area contributed by atoms with Crippen molar-refractivity contribution in [3.8, 4) is 11.4 Å². The first kappa shape index (κ1) is 22.9. The Morgan fingerprint density at radius 2 is 1.97 bits per heavy atom. The largest absolute Gasteiger partial charge is 0.554 e. The van der Waals surface area contributed by atoms with E-state index in [1.165, 1.54) is 19.4 Å². The third-order valence-electron chi connectivity index (χ3n) is 6.01. The molecular weight excluding hydrogens is 415 g/mol. The minimum absolute atomic E-state index is 0.0765. The highest BCUT2D eigenvalue weighted by molar-refractivity contribution is 5.96. The number of hydrogen-bond acceptors (Lipinski definition) is 6. The van der Waals surface area contributed by atoms with Crippen molar-refractivity contribution in [1.82, 2.24) is 10.1 Å². The lowest BCUT2D eigenvalue weighted by Crippen LogP contribution is -3.13. The van der Waals surface area contributed by atoms with Gasteiger partial charge in [0.1, 0.15) is 0 Å². The Morgan fingerprint density at radius 1 is 1.29 bits per heavy atom. The number of nitrogens with zero attached hydrogens (tertiary/aromatic N) is 2. The summed E-state index contributed by atoms with van der Waals surface area (Å²) in [7, 11) is 0. The zero-order valence-corrected chi connectivity index (χ0v) is 17.0. The molecule has 31 heavy (non-hydrogen) atoms. The van der Waals surface area contributed by atoms with E-state index in [9.17, 15) is 18.0 Å². The number of quaternary nitrogens is 1. The van der Waals surface area contributed by atoms with Gasteiger partial charge in [-0.1, -0.05) is 29.4 Å². The lowest BCUT2D eigenvalue weighted by Gasteiger charge is -2.17. The van der Waals surface area contributed by atoms with Crippen molar-refractivity contribution in [2.75, 3.05) is 13.1 Å². The highest BCUT2D eigenvalue weighted by Gasteiger charge is 2.43. The lowest BCUT2D eigenvalue weighted by atomic mass is 10.0. The van der Waals surface area contributed by atoms with Crippen molar-refractivity contribution in [2.24, 2.45) is 11.8 Å². The Balaban J connectivity index is 0.000000858. The number of likely N-dealkylation sites (tertiary alicyclic amines) is 1. The average Bonchev–Trinajstić information content (AvgIpc) is 3.07. The van der Waals surface area contributed by atoms with Crippen LogP contribution in [-0.2, 0) is 11.0 Å². The van der Waals surface area contributed by atoms with Crippen molar-refractivity contribution in [3.05, 3.63) is 35.7 Å². The molecule has 1 aliphatic carbocycles. The molecular formula is C21H24F3N3O4. The number of nitrogens with one attached hydrogen (secondary N) is 1. The van der Waals surface area contributed by atoms with Crippen molar-refractivity contribution in [2.45, 2.75) is 44.8 Å². The predicted molar refractivity (Wildman–Crippen MR) is 101 cm³/mol. The summed E-state index contributed by atoms with van der Waals surface area (Å²) in [5, 5.41) is 11.6. The number of alkyl halides is 3. The molecule has 7 nitrogen and oxygen atoms in total. The molecule has 168 valence electrons. The molecule has 1 aromatic heterocycles. The van der Waals surface area contributed by atoms with Gasteiger partial charge in [-0.15, -0.1) is 0 Å². The smallest absolute Gasteiger partial charge is 0.471 e. The molecule has 1 N–H and O–H groups in total. The van der Waals surface area contributed by atoms with Crippen LogP contribution in [0.2, 0.25) is 0 Å². The van der Waals surface area contributed by atoms with E-state index in [0.29, 0.717) is 29.4 Å². The first-order valence-electron chi connectivity index (χ1n) is 10.2. The lowest BCUT2D eigenvalue weighted by molar-refractivity contribution is -0.912. The molecule has 1 saturated heterocycles. The van der Waals surface area contributed by atoms with Crippen molar-refractivity contribution < 1.29 is 37.3 Å². The van der Waals surface area contributed by atoms with Crippen LogP contribution in [0.5, 0.6) is 0 Å². The fourth-order valence-corrected chi connectivity index (χ4v) is 4.15. The number of carbonyl (C=O) groups excluding carboxylic acids is 2. The summed E-state index contributed by atoms with van der Waals surface area (Å²) in [4.78, 5) is 25.8. The van der Waals surface area contributed by atoms with Gasteiger partial charge in [-0.3, -0.25) is 4.79 Å². The zero-order valence-electron chi connectivity index (χ0n) is 17.0. The van der Waals surface area contributed by atoms with Crippen LogP contribution in [0.1, 0.15) is 48.9 Å². The van der Waals surface area contributed by atoms with Crippen LogP contribution < -0.4 is 10.0 Å². The fourth-order valence-electron chi connectivity index (χ4n) is 4.15. The molecule has 2 aromatic rings. The Bertz CT molecular complexity index is 898. The van der Waals surface area contributed by atoms with Crippen LogP contribution in [0.3, 0.4) is 0 Å². The van der Waals surface area contributed by atoms with Crippen molar-refractivity contribution in [1.29, 1.82) is 0 Å². The van der Waals surface area contributed by atoms with E-state index in [4.69, 9.17) is 9.90 Å². The summed E-state index contributed by atoms with van der Waals surface area (Å²) in [5.74, 6) is -0.348. The van der Waals surface area contributed by atoms with Gasteiger partial charge in [0.2, 0.25) is 5.82 Å². The van der Waals surface area contributed by atoms with Crippen molar-refractivity contribution >= 4 is 12.3 Å². The Kier molecular flexibility index (Phi) is 7.09. The number of Topliss-reactive ketones (excluding diaryl/α,β-unsaturated/α-hetero) is 1. The highest BCUT2D eigenvalue weighted by atomic mass is 19.4. The molecule has 0 spiro atoms. The maximum atomic E-state index is 12.6. The first-order valence-corrected chi connectivity index (χ1v) is 10.2. The van der Waals surface area contributed by atoms with E-state index >= 15 is 0 Å². The summed E-state index contributed by atoms with van der Waals surface area (Å²) < 4.78 is 41.9. The van der Waals surface area contributed by atoms with Gasteiger partial charge in [-0.2, -0.15) is 18.2 Å². The highest BCUT2D eigenvalue weighted by Crippen LogP contribution is 2.41. The zero-order chi connectivity index (χ0) is 22.6. The van der Waals surface area contributed by atoms with E-state index in [1.54, 1.807) is 29.2 Å². The molecule has 1 aromatic carbocycles. The van der Waals surface area contributed by atoms with Gasteiger partial charge in [0.15, 0.2) is 5.78 Å². The second kappa shape index (κ2) is 9.59. The van der Waals surface area contributed by atoms with Gasteiger partial charge in [0.25, 0.3) is 0 Å². The number of carboxylic acid groups (broad SMARTS) is 1. The quantitative estimate of drug-likeness (QED) is 0.540. The molecule has 10 heteroatoms. The van der Waals surface area contributed by atoms with Gasteiger partial charge in [-0.05, 0) is 19.3 Å². The Morgan fingerprint density at radius 3 is 2.52 bits per heavy atom. The second-order valence-corrected chi connectivity index (χ2v) is 8.13. The molecule has 2 heterocycles. The number of halogens is 3. The number of benzene rings is 1. The third-order valence-corrected chi connectivity index (χ3v) is 6.01. The van der Waals surface area contributed by atoms with Gasteiger partial charge in [0, 0.05) is 42.8 Å². The molecule has 1 aliphatic heterocycles. The molecule has 2 fully saturated rings. The van der Waals surface area contributed by atoms with Crippen LogP contribution in [0.4, 0.5) is 13.2 Å². The predicted octanol–water partition coefficient (Wildman–Crippen LogP) is 1.40. The van der Waals surface area contributed by atoms with Gasteiger partial charge in [-0.25, -0.2) is 0 Å². The SMILES string of the molecule is C[C@H]1CCC[NH+]1CC1CC1CC(=O)c1ccc(-c2noc(C(F)(F)F)n2)cc1.O=C[O-]. The summed E-state index contributed by atoms with van der Waals surface area (Å²) in [6.07, 6.45) is -0.432. The number of carbonyl (C=O) groups is 2. The third kappa shape index (κ3) is 5.90. The molecule has 4 rings (SSSR count). The van der Waals surface area contributed by atoms with Crippen LogP contribution in [0, 0.1) is 11.8 Å². The first-order chi connectivity index (χ1) is 14.7. The summed E-state index contributed by atoms with van der Waals surface area (Å²) in [5.41, 5.74) is 0.947. The normalized spacial score (nSPS) is 24.9. The van der Waals surface area contributed by atoms with Gasteiger partial charge in [0.05, 0.1) is 19.1 Å². The molecule has 2 aliphatic rings. The van der Waals surface area contributed by atoms with Gasteiger partial charge >= 0.3 is 12.1 Å². The van der Waals surface area contributed by atoms with E-state index in [-0.39, 0.29) is 11.6 Å². The molecule has 0 radical (unpaired) electrons. The van der Waals surface area contributed by atoms with Crippen molar-refractivity contribution in [3.63, 3.8) is 0 Å². The average molecular weight is 439 g/mol. The van der Waals surface area contributed by atoms with Crippen LogP contribution in [0.15, 0.2) is 28.8 Å². The summed E-state index contributed by atoms with van der Waals surface area (Å²) in [6, 6.07) is 7.07. The fraction of sp³-hybridized carbons (Fsp3) is 0.524. The van der Waals surface area contributed by atoms with Crippen LogP contribution >= 0.6 is 0 Å². The Hall–Kier alpha value is -2.75. The maximum Gasteiger partial charge on any atom is 0.471 e. The van der Waals surface area contributed by atoms with E-state index in [2.05, 4.69) is 21.6 Å². The second-order valence-electron chi connectivity index (χ2n) is 8.13. The molecule has 0 amide bonds. The number of ketones is 1. The molecule has 1 saturated carbocycles. The van der Waals surface area contributed by atoms with E-state index < -0.39 is 18.5 Å². The summed E-state index contributed by atoms with van der Waals surface area (Å²) >= 11 is 0. The van der Waals surface area contributed by atoms with Gasteiger partial charge < -0.3 is 19.3 Å².